The van der Waals surface area contributed by atoms with Crippen molar-refractivity contribution in [2.75, 3.05) is 13.1 Å². The Balaban J connectivity index is 0.000000238. The second kappa shape index (κ2) is 13.1. The van der Waals surface area contributed by atoms with E-state index in [0.29, 0.717) is 11.8 Å². The molecule has 2 N–H and O–H groups in total. The third kappa shape index (κ3) is 6.98. The number of hydrogen-bond acceptors (Lipinski definition) is 5. The van der Waals surface area contributed by atoms with Crippen LogP contribution >= 0.6 is 11.3 Å². The van der Waals surface area contributed by atoms with Gasteiger partial charge in [0.2, 0.25) is 0 Å². The molecular weight excluding hydrogens is 366 g/mol. The van der Waals surface area contributed by atoms with Gasteiger partial charge in [0.05, 0.1) is 22.9 Å². The Bertz CT molecular complexity index is 567. The van der Waals surface area contributed by atoms with Crippen LogP contribution in [-0.2, 0) is 26.1 Å². The summed E-state index contributed by atoms with van der Waals surface area (Å²) in [6, 6.07) is 0. The number of rotatable bonds is 2. The Morgan fingerprint density at radius 3 is 2.18 bits per heavy atom. The summed E-state index contributed by atoms with van der Waals surface area (Å²) < 4.78 is 2.26. The first kappa shape index (κ1) is 24.8. The summed E-state index contributed by atoms with van der Waals surface area (Å²) in [7, 11) is 0. The smallest absolute Gasteiger partial charge is 0.123 e. The minimum atomic E-state index is 0.545. The third-order valence-electron chi connectivity index (χ3n) is 4.39. The molecule has 0 aromatic carbocycles. The number of aromatic nitrogens is 3. The summed E-state index contributed by atoms with van der Waals surface area (Å²) in [4.78, 5) is 10.7. The highest BCUT2D eigenvalue weighted by atomic mass is 32.1. The fourth-order valence-corrected chi connectivity index (χ4v) is 3.96. The Hall–Kier alpha value is -1.24. The highest BCUT2D eigenvalue weighted by Crippen LogP contribution is 2.26. The van der Waals surface area contributed by atoms with Crippen molar-refractivity contribution in [1.29, 1.82) is 0 Å². The summed E-state index contributed by atoms with van der Waals surface area (Å²) in [5, 5.41) is 7.94. The van der Waals surface area contributed by atoms with Crippen molar-refractivity contribution < 1.29 is 0 Å². The van der Waals surface area contributed by atoms with Crippen molar-refractivity contribution in [2.24, 2.45) is 0 Å². The fourth-order valence-electron chi connectivity index (χ4n) is 2.88. The lowest BCUT2D eigenvalue weighted by atomic mass is 10.2. The molecule has 0 aliphatic carbocycles. The van der Waals surface area contributed by atoms with E-state index in [-0.39, 0.29) is 0 Å². The average Bonchev–Trinajstić information content (AvgIpc) is 3.36. The largest absolute Gasteiger partial charge is 0.332 e. The van der Waals surface area contributed by atoms with Crippen LogP contribution in [0, 0.1) is 0 Å². The Morgan fingerprint density at radius 1 is 0.929 bits per heavy atom. The second-order valence-electron chi connectivity index (χ2n) is 7.11. The van der Waals surface area contributed by atoms with Crippen LogP contribution in [0.4, 0.5) is 0 Å². The van der Waals surface area contributed by atoms with Crippen molar-refractivity contribution in [2.45, 2.75) is 93.3 Å². The molecule has 0 spiro atoms. The topological polar surface area (TPSA) is 54.8 Å². The zero-order valence-electron chi connectivity index (χ0n) is 19.2. The van der Waals surface area contributed by atoms with E-state index in [1.54, 1.807) is 0 Å². The number of imidazole rings is 1. The Kier molecular flexibility index (Phi) is 11.6. The van der Waals surface area contributed by atoms with Crippen molar-refractivity contribution in [3.05, 3.63) is 33.3 Å². The molecule has 0 amide bonds. The molecule has 160 valence electrons. The van der Waals surface area contributed by atoms with Gasteiger partial charge in [-0.25, -0.2) is 9.97 Å². The zero-order chi connectivity index (χ0) is 21.1. The first-order valence-corrected chi connectivity index (χ1v) is 11.8. The predicted molar refractivity (Wildman–Crippen MR) is 122 cm³/mol. The van der Waals surface area contributed by atoms with Gasteiger partial charge in [0.1, 0.15) is 5.82 Å². The molecule has 0 bridgehead atoms. The lowest BCUT2D eigenvalue weighted by molar-refractivity contribution is 0.505. The minimum absolute atomic E-state index is 0.545. The van der Waals surface area contributed by atoms with Crippen LogP contribution in [0.3, 0.4) is 0 Å². The van der Waals surface area contributed by atoms with E-state index in [4.69, 9.17) is 0 Å². The van der Waals surface area contributed by atoms with Crippen molar-refractivity contribution in [3.8, 4) is 0 Å². The van der Waals surface area contributed by atoms with E-state index in [1.165, 1.54) is 33.5 Å². The van der Waals surface area contributed by atoms with E-state index in [1.807, 2.05) is 39.0 Å². The molecule has 2 aliphatic heterocycles. The number of thiazole rings is 1. The average molecular weight is 408 g/mol. The summed E-state index contributed by atoms with van der Waals surface area (Å²) in [5.74, 6) is 2.31. The molecule has 6 heteroatoms. The monoisotopic (exact) mass is 407 g/mol. The van der Waals surface area contributed by atoms with Crippen LogP contribution < -0.4 is 10.6 Å². The first-order chi connectivity index (χ1) is 13.5. The summed E-state index contributed by atoms with van der Waals surface area (Å²) >= 11 is 1.89. The van der Waals surface area contributed by atoms with Gasteiger partial charge in [-0.05, 0) is 12.3 Å². The molecule has 2 aromatic heterocycles. The molecule has 0 atom stereocenters. The van der Waals surface area contributed by atoms with Crippen LogP contribution in [0.2, 0.25) is 0 Å². The second-order valence-corrected chi connectivity index (χ2v) is 8.23. The van der Waals surface area contributed by atoms with E-state index < -0.39 is 0 Å². The van der Waals surface area contributed by atoms with Gasteiger partial charge in [-0.1, -0.05) is 55.4 Å². The van der Waals surface area contributed by atoms with Gasteiger partial charge in [0, 0.05) is 43.2 Å². The van der Waals surface area contributed by atoms with Gasteiger partial charge in [-0.3, -0.25) is 0 Å². The maximum Gasteiger partial charge on any atom is 0.123 e. The van der Waals surface area contributed by atoms with Gasteiger partial charge in [-0.2, -0.15) is 0 Å². The molecular formula is C22H41N5S. The fraction of sp³-hybridized carbons (Fsp3) is 0.727. The van der Waals surface area contributed by atoms with Gasteiger partial charge in [0.25, 0.3) is 0 Å². The highest BCUT2D eigenvalue weighted by molar-refractivity contribution is 7.11. The maximum atomic E-state index is 4.61. The number of fused-ring (bicyclic) bond motifs is 2. The van der Waals surface area contributed by atoms with Crippen molar-refractivity contribution in [3.63, 3.8) is 0 Å². The SMILES string of the molecule is CC.CC.CC(C)c1cn2c(n1)CNCC2.CC(C)c1nc2c(s1)CCNC2. The normalized spacial score (nSPS) is 14.6. The lowest BCUT2D eigenvalue weighted by Crippen LogP contribution is -2.27. The molecule has 0 saturated heterocycles. The molecule has 2 aliphatic rings. The van der Waals surface area contributed by atoms with Crippen LogP contribution in [-0.4, -0.2) is 27.6 Å². The first-order valence-electron chi connectivity index (χ1n) is 11.0. The molecule has 0 saturated carbocycles. The number of hydrogen-bond donors (Lipinski definition) is 2. The summed E-state index contributed by atoms with van der Waals surface area (Å²) in [6.07, 6.45) is 3.35. The van der Waals surface area contributed by atoms with Gasteiger partial charge in [-0.15, -0.1) is 11.3 Å². The quantitative estimate of drug-likeness (QED) is 0.729. The maximum absolute atomic E-state index is 4.61. The van der Waals surface area contributed by atoms with Crippen molar-refractivity contribution in [1.82, 2.24) is 25.2 Å². The molecule has 0 radical (unpaired) electrons. The Morgan fingerprint density at radius 2 is 1.61 bits per heavy atom. The molecule has 4 heterocycles. The molecule has 5 nitrogen and oxygen atoms in total. The van der Waals surface area contributed by atoms with Crippen LogP contribution in [0.1, 0.15) is 94.3 Å². The molecule has 28 heavy (non-hydrogen) atoms. The number of nitrogens with zero attached hydrogens (tertiary/aromatic N) is 3. The molecule has 0 fully saturated rings. The Labute approximate surface area is 176 Å². The number of nitrogens with one attached hydrogen (secondary N) is 2. The van der Waals surface area contributed by atoms with E-state index >= 15 is 0 Å². The van der Waals surface area contributed by atoms with Gasteiger partial charge >= 0.3 is 0 Å². The van der Waals surface area contributed by atoms with Crippen LogP contribution in [0.5, 0.6) is 0 Å². The summed E-state index contributed by atoms with van der Waals surface area (Å²) in [5.41, 5.74) is 2.50. The lowest BCUT2D eigenvalue weighted by Gasteiger charge is -2.13. The summed E-state index contributed by atoms with van der Waals surface area (Å²) in [6.45, 7) is 21.9. The highest BCUT2D eigenvalue weighted by Gasteiger charge is 2.15. The van der Waals surface area contributed by atoms with Gasteiger partial charge < -0.3 is 15.2 Å². The minimum Gasteiger partial charge on any atom is -0.332 e. The predicted octanol–water partition coefficient (Wildman–Crippen LogP) is 5.07. The third-order valence-corrected chi connectivity index (χ3v) is 5.85. The van der Waals surface area contributed by atoms with Crippen LogP contribution in [0.25, 0.3) is 0 Å². The van der Waals surface area contributed by atoms with E-state index in [0.717, 1.165) is 32.7 Å². The van der Waals surface area contributed by atoms with E-state index in [9.17, 15) is 0 Å². The van der Waals surface area contributed by atoms with Crippen LogP contribution in [0.15, 0.2) is 6.20 Å². The standard InChI is InChI=1S/C9H15N3.C9H14N2S.2C2H6/c1-7(2)8-6-12-4-3-10-5-9(12)11-8;1-6(2)9-11-7-5-10-4-3-8(7)12-9;2*1-2/h6-7,10H,3-5H2,1-2H3;6,10H,3-5H2,1-2H3;2*1-2H3. The zero-order valence-corrected chi connectivity index (χ0v) is 20.0. The molecule has 4 rings (SSSR count). The molecule has 2 aromatic rings. The van der Waals surface area contributed by atoms with E-state index in [2.05, 4.69) is 59.1 Å². The van der Waals surface area contributed by atoms with Gasteiger partial charge in [0.15, 0.2) is 0 Å². The van der Waals surface area contributed by atoms with Crippen molar-refractivity contribution >= 4 is 11.3 Å². The molecule has 0 unspecified atom stereocenters.